The Bertz CT molecular complexity index is 626. The number of halogens is 2. The second-order valence-corrected chi connectivity index (χ2v) is 5.50. The third-order valence-corrected chi connectivity index (χ3v) is 3.47. The summed E-state index contributed by atoms with van der Waals surface area (Å²) in [7, 11) is 0. The molecule has 0 aliphatic carbocycles. The van der Waals surface area contributed by atoms with Crippen molar-refractivity contribution in [3.63, 3.8) is 0 Å². The topological polar surface area (TPSA) is 74.2 Å². The number of aromatic nitrogens is 2. The first-order valence-corrected chi connectivity index (χ1v) is 6.84. The summed E-state index contributed by atoms with van der Waals surface area (Å²) in [6, 6.07) is 3.25. The molecule has 0 bridgehead atoms. The van der Waals surface area contributed by atoms with Crippen molar-refractivity contribution < 1.29 is 9.26 Å². The maximum Gasteiger partial charge on any atom is 0.261 e. The van der Waals surface area contributed by atoms with Gasteiger partial charge in [-0.3, -0.25) is 0 Å². The van der Waals surface area contributed by atoms with Crippen molar-refractivity contribution >= 4 is 28.9 Å². The first kappa shape index (κ1) is 15.1. The number of hydrogen-bond donors (Lipinski definition) is 1. The molecule has 20 heavy (non-hydrogen) atoms. The molecule has 1 heterocycles. The zero-order chi connectivity index (χ0) is 14.9. The lowest BCUT2D eigenvalue weighted by molar-refractivity contribution is -0.0221. The van der Waals surface area contributed by atoms with Crippen molar-refractivity contribution in [1.82, 2.24) is 10.1 Å². The van der Waals surface area contributed by atoms with Gasteiger partial charge in [-0.05, 0) is 32.9 Å². The van der Waals surface area contributed by atoms with Crippen molar-refractivity contribution in [2.75, 3.05) is 12.3 Å². The SMILES string of the molecule is CCOC(C)(C)c1noc(-c2c(Cl)ccc(Cl)c2N)n1. The van der Waals surface area contributed by atoms with E-state index in [2.05, 4.69) is 10.1 Å². The zero-order valence-electron chi connectivity index (χ0n) is 11.4. The third-order valence-electron chi connectivity index (χ3n) is 2.83. The van der Waals surface area contributed by atoms with Crippen LogP contribution in [0.15, 0.2) is 16.7 Å². The second kappa shape index (κ2) is 5.60. The van der Waals surface area contributed by atoms with Gasteiger partial charge in [0.1, 0.15) is 5.60 Å². The van der Waals surface area contributed by atoms with E-state index in [0.717, 1.165) is 0 Å². The lowest BCUT2D eigenvalue weighted by Gasteiger charge is -2.19. The fourth-order valence-electron chi connectivity index (χ4n) is 1.78. The first-order chi connectivity index (χ1) is 9.36. The van der Waals surface area contributed by atoms with Crippen LogP contribution in [-0.2, 0) is 10.3 Å². The quantitative estimate of drug-likeness (QED) is 0.866. The Kier molecular flexibility index (Phi) is 4.22. The number of nitrogens with zero attached hydrogens (tertiary/aromatic N) is 2. The number of hydrogen-bond acceptors (Lipinski definition) is 5. The van der Waals surface area contributed by atoms with E-state index in [9.17, 15) is 0 Å². The Morgan fingerprint density at radius 3 is 2.60 bits per heavy atom. The van der Waals surface area contributed by atoms with Crippen LogP contribution in [0.3, 0.4) is 0 Å². The fourth-order valence-corrected chi connectivity index (χ4v) is 2.18. The molecule has 0 radical (unpaired) electrons. The highest BCUT2D eigenvalue weighted by molar-refractivity contribution is 6.37. The molecular formula is C13H15Cl2N3O2. The van der Waals surface area contributed by atoms with Crippen molar-refractivity contribution in [2.24, 2.45) is 0 Å². The number of nitrogens with two attached hydrogens (primary N) is 1. The first-order valence-electron chi connectivity index (χ1n) is 6.08. The summed E-state index contributed by atoms with van der Waals surface area (Å²) in [4.78, 5) is 4.31. The highest BCUT2D eigenvalue weighted by Gasteiger charge is 2.28. The van der Waals surface area contributed by atoms with Gasteiger partial charge in [0.05, 0.1) is 21.3 Å². The van der Waals surface area contributed by atoms with E-state index in [4.69, 9.17) is 38.2 Å². The Balaban J connectivity index is 2.47. The van der Waals surface area contributed by atoms with Gasteiger partial charge in [-0.25, -0.2) is 0 Å². The summed E-state index contributed by atoms with van der Waals surface area (Å²) >= 11 is 12.1. The summed E-state index contributed by atoms with van der Waals surface area (Å²) in [6.07, 6.45) is 0. The van der Waals surface area contributed by atoms with Crippen molar-refractivity contribution in [1.29, 1.82) is 0 Å². The molecule has 2 aromatic rings. The average Bonchev–Trinajstić information content (AvgIpc) is 2.85. The largest absolute Gasteiger partial charge is 0.397 e. The minimum Gasteiger partial charge on any atom is -0.397 e. The van der Waals surface area contributed by atoms with Gasteiger partial charge in [0.2, 0.25) is 5.82 Å². The van der Waals surface area contributed by atoms with Gasteiger partial charge in [-0.2, -0.15) is 4.98 Å². The van der Waals surface area contributed by atoms with Crippen LogP contribution in [0.5, 0.6) is 0 Å². The van der Waals surface area contributed by atoms with Crippen LogP contribution in [0, 0.1) is 0 Å². The molecule has 0 unspecified atom stereocenters. The van der Waals surface area contributed by atoms with Gasteiger partial charge in [0, 0.05) is 6.61 Å². The van der Waals surface area contributed by atoms with E-state index in [1.54, 1.807) is 12.1 Å². The van der Waals surface area contributed by atoms with Crippen molar-refractivity contribution in [2.45, 2.75) is 26.4 Å². The summed E-state index contributed by atoms with van der Waals surface area (Å²) < 4.78 is 10.8. The molecular weight excluding hydrogens is 301 g/mol. The Labute approximate surface area is 127 Å². The molecule has 0 saturated carbocycles. The molecule has 0 saturated heterocycles. The lowest BCUT2D eigenvalue weighted by Crippen LogP contribution is -2.23. The Morgan fingerprint density at radius 1 is 1.30 bits per heavy atom. The highest BCUT2D eigenvalue weighted by Crippen LogP contribution is 2.37. The van der Waals surface area contributed by atoms with Crippen LogP contribution in [0.25, 0.3) is 11.5 Å². The minimum atomic E-state index is -0.656. The Hall–Kier alpha value is -1.30. The smallest absolute Gasteiger partial charge is 0.261 e. The van der Waals surface area contributed by atoms with Crippen LogP contribution in [0.2, 0.25) is 10.0 Å². The minimum absolute atomic E-state index is 0.220. The summed E-state index contributed by atoms with van der Waals surface area (Å²) in [5.74, 6) is 0.641. The molecule has 0 aliphatic heterocycles. The van der Waals surface area contributed by atoms with E-state index in [1.807, 2.05) is 20.8 Å². The lowest BCUT2D eigenvalue weighted by atomic mass is 10.1. The molecule has 7 heteroatoms. The molecule has 0 aliphatic rings. The monoisotopic (exact) mass is 315 g/mol. The summed E-state index contributed by atoms with van der Waals surface area (Å²) in [5, 5.41) is 4.71. The van der Waals surface area contributed by atoms with E-state index in [0.29, 0.717) is 33.7 Å². The molecule has 5 nitrogen and oxygen atoms in total. The number of nitrogen functional groups attached to an aromatic ring is 1. The molecule has 108 valence electrons. The molecule has 2 N–H and O–H groups in total. The van der Waals surface area contributed by atoms with E-state index < -0.39 is 5.60 Å². The average molecular weight is 316 g/mol. The number of rotatable bonds is 4. The van der Waals surface area contributed by atoms with Crippen LogP contribution < -0.4 is 5.73 Å². The molecule has 0 spiro atoms. The number of anilines is 1. The van der Waals surface area contributed by atoms with Gasteiger partial charge in [0.15, 0.2) is 0 Å². The molecule has 0 fully saturated rings. The predicted molar refractivity (Wildman–Crippen MR) is 78.8 cm³/mol. The fraction of sp³-hybridized carbons (Fsp3) is 0.385. The van der Waals surface area contributed by atoms with Gasteiger partial charge in [0.25, 0.3) is 5.89 Å². The van der Waals surface area contributed by atoms with Crippen molar-refractivity contribution in [3.8, 4) is 11.5 Å². The number of ether oxygens (including phenoxy) is 1. The maximum absolute atomic E-state index is 6.12. The van der Waals surface area contributed by atoms with E-state index in [1.165, 1.54) is 0 Å². The highest BCUT2D eigenvalue weighted by atomic mass is 35.5. The van der Waals surface area contributed by atoms with Gasteiger partial charge >= 0.3 is 0 Å². The van der Waals surface area contributed by atoms with Crippen molar-refractivity contribution in [3.05, 3.63) is 28.0 Å². The van der Waals surface area contributed by atoms with Crippen LogP contribution in [0.4, 0.5) is 5.69 Å². The number of benzene rings is 1. The van der Waals surface area contributed by atoms with Crippen LogP contribution >= 0.6 is 23.2 Å². The predicted octanol–water partition coefficient (Wildman–Crippen LogP) is 3.90. The van der Waals surface area contributed by atoms with Gasteiger partial charge < -0.3 is 15.0 Å². The van der Waals surface area contributed by atoms with Crippen LogP contribution in [-0.4, -0.2) is 16.7 Å². The molecule has 0 atom stereocenters. The zero-order valence-corrected chi connectivity index (χ0v) is 12.9. The van der Waals surface area contributed by atoms with E-state index in [-0.39, 0.29) is 5.89 Å². The van der Waals surface area contributed by atoms with E-state index >= 15 is 0 Å². The summed E-state index contributed by atoms with van der Waals surface area (Å²) in [6.45, 7) is 6.15. The standard InChI is InChI=1S/C13H15Cl2N3O2/c1-4-19-13(2,3)12-17-11(20-18-12)9-7(14)5-6-8(15)10(9)16/h5-6H,4,16H2,1-3H3. The van der Waals surface area contributed by atoms with Crippen LogP contribution in [0.1, 0.15) is 26.6 Å². The molecule has 2 rings (SSSR count). The summed E-state index contributed by atoms with van der Waals surface area (Å²) in [5.41, 5.74) is 6.00. The molecule has 1 aromatic heterocycles. The molecule has 1 aromatic carbocycles. The normalized spacial score (nSPS) is 11.8. The van der Waals surface area contributed by atoms with Gasteiger partial charge in [-0.15, -0.1) is 0 Å². The van der Waals surface area contributed by atoms with Gasteiger partial charge in [-0.1, -0.05) is 28.4 Å². The maximum atomic E-state index is 6.12. The third kappa shape index (κ3) is 2.75. The second-order valence-electron chi connectivity index (χ2n) is 4.68. The molecule has 0 amide bonds. The Morgan fingerprint density at radius 2 is 1.95 bits per heavy atom.